The fraction of sp³-hybridized carbons (Fsp3) is 0.182. The van der Waals surface area contributed by atoms with Gasteiger partial charge in [0.25, 0.3) is 5.91 Å². The molecular formula is C22H20N2O. The summed E-state index contributed by atoms with van der Waals surface area (Å²) < 4.78 is 0. The lowest BCUT2D eigenvalue weighted by molar-refractivity contribution is 0.0724. The predicted octanol–water partition coefficient (Wildman–Crippen LogP) is 4.18. The van der Waals surface area contributed by atoms with Gasteiger partial charge in [0.2, 0.25) is 0 Å². The Morgan fingerprint density at radius 2 is 1.76 bits per heavy atom. The van der Waals surface area contributed by atoms with E-state index in [1.165, 1.54) is 16.7 Å². The second-order valence-corrected chi connectivity index (χ2v) is 6.54. The van der Waals surface area contributed by atoms with Crippen LogP contribution in [-0.4, -0.2) is 22.3 Å². The first-order chi connectivity index (χ1) is 12.2. The molecule has 3 aromatic rings. The van der Waals surface area contributed by atoms with E-state index in [1.54, 1.807) is 6.20 Å². The molecule has 0 N–H and O–H groups in total. The van der Waals surface area contributed by atoms with Crippen LogP contribution in [0, 0.1) is 6.92 Å². The molecule has 0 spiro atoms. The Bertz CT molecular complexity index is 887. The Balaban J connectivity index is 1.70. The normalized spacial score (nSPS) is 16.4. The second-order valence-electron chi connectivity index (χ2n) is 6.54. The van der Waals surface area contributed by atoms with Crippen molar-refractivity contribution in [3.05, 3.63) is 101 Å². The van der Waals surface area contributed by atoms with Crippen LogP contribution in [0.2, 0.25) is 0 Å². The van der Waals surface area contributed by atoms with Gasteiger partial charge in [0.1, 0.15) is 0 Å². The zero-order valence-electron chi connectivity index (χ0n) is 14.2. The number of fused-ring (bicyclic) bond motifs is 1. The summed E-state index contributed by atoms with van der Waals surface area (Å²) in [4.78, 5) is 19.2. The third kappa shape index (κ3) is 3.05. The lowest BCUT2D eigenvalue weighted by Crippen LogP contribution is -2.38. The second kappa shape index (κ2) is 6.52. The van der Waals surface area contributed by atoms with Crippen molar-refractivity contribution in [3.63, 3.8) is 0 Å². The van der Waals surface area contributed by atoms with Gasteiger partial charge < -0.3 is 4.90 Å². The number of pyridine rings is 1. The fourth-order valence-electron chi connectivity index (χ4n) is 3.51. The maximum atomic E-state index is 13.0. The highest BCUT2D eigenvalue weighted by Gasteiger charge is 2.29. The minimum absolute atomic E-state index is 0.0444. The molecule has 4 rings (SSSR count). The Labute approximate surface area is 148 Å². The molecule has 0 fully saturated rings. The van der Waals surface area contributed by atoms with Gasteiger partial charge in [-0.15, -0.1) is 0 Å². The molecule has 0 saturated carbocycles. The lowest BCUT2D eigenvalue weighted by Gasteiger charge is -2.35. The van der Waals surface area contributed by atoms with Crippen LogP contribution in [0.5, 0.6) is 0 Å². The molecule has 1 aromatic heterocycles. The Morgan fingerprint density at radius 3 is 2.52 bits per heavy atom. The Morgan fingerprint density at radius 1 is 1.00 bits per heavy atom. The van der Waals surface area contributed by atoms with Crippen LogP contribution >= 0.6 is 0 Å². The van der Waals surface area contributed by atoms with Gasteiger partial charge in [0.05, 0.1) is 5.56 Å². The molecule has 1 aliphatic heterocycles. The van der Waals surface area contributed by atoms with Crippen LogP contribution in [-0.2, 0) is 6.54 Å². The highest BCUT2D eigenvalue weighted by Crippen LogP contribution is 2.33. The van der Waals surface area contributed by atoms with Crippen LogP contribution in [0.25, 0.3) is 0 Å². The van der Waals surface area contributed by atoms with Gasteiger partial charge in [-0.1, -0.05) is 54.6 Å². The summed E-state index contributed by atoms with van der Waals surface area (Å²) >= 11 is 0. The van der Waals surface area contributed by atoms with Gasteiger partial charge in [0.15, 0.2) is 0 Å². The van der Waals surface area contributed by atoms with E-state index in [0.717, 1.165) is 5.69 Å². The molecular weight excluding hydrogens is 308 g/mol. The summed E-state index contributed by atoms with van der Waals surface area (Å²) in [6, 6.07) is 22.6. The van der Waals surface area contributed by atoms with Crippen molar-refractivity contribution in [2.75, 3.05) is 6.54 Å². The molecule has 0 radical (unpaired) electrons. The minimum atomic E-state index is 0.0444. The number of benzene rings is 2. The average molecular weight is 328 g/mol. The summed E-state index contributed by atoms with van der Waals surface area (Å²) in [5, 5.41) is 0. The molecule has 2 heterocycles. The van der Waals surface area contributed by atoms with Gasteiger partial charge in [-0.2, -0.15) is 0 Å². The van der Waals surface area contributed by atoms with Crippen molar-refractivity contribution < 1.29 is 4.79 Å². The summed E-state index contributed by atoms with van der Waals surface area (Å²) in [6.07, 6.45) is 1.68. The molecule has 0 saturated heterocycles. The molecule has 2 aromatic carbocycles. The van der Waals surface area contributed by atoms with E-state index in [1.807, 2.05) is 36.1 Å². The molecule has 3 nitrogen and oxygen atoms in total. The first-order valence-electron chi connectivity index (χ1n) is 8.57. The van der Waals surface area contributed by atoms with Crippen molar-refractivity contribution in [2.24, 2.45) is 0 Å². The number of amides is 1. The van der Waals surface area contributed by atoms with Crippen LogP contribution in [0.15, 0.2) is 72.9 Å². The van der Waals surface area contributed by atoms with E-state index in [9.17, 15) is 4.79 Å². The maximum absolute atomic E-state index is 13.0. The zero-order chi connectivity index (χ0) is 17.2. The van der Waals surface area contributed by atoms with Crippen molar-refractivity contribution in [1.82, 2.24) is 9.88 Å². The van der Waals surface area contributed by atoms with Gasteiger partial charge in [-0.05, 0) is 35.7 Å². The molecule has 1 amide bonds. The van der Waals surface area contributed by atoms with Crippen molar-refractivity contribution in [3.8, 4) is 0 Å². The number of rotatable bonds is 2. The topological polar surface area (TPSA) is 33.2 Å². The first kappa shape index (κ1) is 15.6. The molecule has 3 heteroatoms. The van der Waals surface area contributed by atoms with Gasteiger partial charge in [0, 0.05) is 30.9 Å². The van der Waals surface area contributed by atoms with Gasteiger partial charge in [-0.25, -0.2) is 0 Å². The van der Waals surface area contributed by atoms with Gasteiger partial charge >= 0.3 is 0 Å². The minimum Gasteiger partial charge on any atom is -0.333 e. The molecule has 124 valence electrons. The van der Waals surface area contributed by atoms with Crippen molar-refractivity contribution in [1.29, 1.82) is 0 Å². The Hall–Kier alpha value is -2.94. The number of aromatic nitrogens is 1. The third-order valence-electron chi connectivity index (χ3n) is 4.84. The van der Waals surface area contributed by atoms with Crippen LogP contribution in [0.4, 0.5) is 0 Å². The van der Waals surface area contributed by atoms with Crippen LogP contribution < -0.4 is 0 Å². The highest BCUT2D eigenvalue weighted by atomic mass is 16.2. The summed E-state index contributed by atoms with van der Waals surface area (Å²) in [5.41, 5.74) is 5.35. The fourth-order valence-corrected chi connectivity index (χ4v) is 3.51. The number of hydrogen-bond donors (Lipinski definition) is 0. The number of hydrogen-bond acceptors (Lipinski definition) is 2. The van der Waals surface area contributed by atoms with Crippen LogP contribution in [0.3, 0.4) is 0 Å². The van der Waals surface area contributed by atoms with E-state index in [-0.39, 0.29) is 11.8 Å². The van der Waals surface area contributed by atoms with Crippen molar-refractivity contribution >= 4 is 5.91 Å². The first-order valence-corrected chi connectivity index (χ1v) is 8.57. The maximum Gasteiger partial charge on any atom is 0.255 e. The van der Waals surface area contributed by atoms with E-state index < -0.39 is 0 Å². The predicted molar refractivity (Wildman–Crippen MR) is 98.4 cm³/mol. The monoisotopic (exact) mass is 328 g/mol. The van der Waals surface area contributed by atoms with Crippen molar-refractivity contribution in [2.45, 2.75) is 19.4 Å². The lowest BCUT2D eigenvalue weighted by atomic mass is 9.84. The number of nitrogens with zero attached hydrogens (tertiary/aromatic N) is 2. The third-order valence-corrected chi connectivity index (χ3v) is 4.84. The van der Waals surface area contributed by atoms with E-state index >= 15 is 0 Å². The average Bonchev–Trinajstić information content (AvgIpc) is 2.68. The molecule has 1 aliphatic rings. The number of carbonyl (C=O) groups is 1. The molecule has 25 heavy (non-hydrogen) atoms. The Kier molecular flexibility index (Phi) is 4.06. The highest BCUT2D eigenvalue weighted by molar-refractivity contribution is 5.94. The molecule has 0 bridgehead atoms. The number of carbonyl (C=O) groups excluding carboxylic acids is 1. The molecule has 0 unspecified atom stereocenters. The quantitative estimate of drug-likeness (QED) is 0.707. The van der Waals surface area contributed by atoms with Gasteiger partial charge in [-0.3, -0.25) is 9.78 Å². The largest absolute Gasteiger partial charge is 0.333 e. The van der Waals surface area contributed by atoms with E-state index in [2.05, 4.69) is 47.4 Å². The van der Waals surface area contributed by atoms with E-state index in [4.69, 9.17) is 0 Å². The SMILES string of the molecule is Cc1ccc(C(=O)N2Cc3ccccc3[C@@H](c3ccccc3)C2)cn1. The van der Waals surface area contributed by atoms with E-state index in [0.29, 0.717) is 18.7 Å². The number of aryl methyl sites for hydroxylation is 1. The molecule has 1 atom stereocenters. The summed E-state index contributed by atoms with van der Waals surface area (Å²) in [6.45, 7) is 3.26. The summed E-state index contributed by atoms with van der Waals surface area (Å²) in [7, 11) is 0. The van der Waals surface area contributed by atoms with Crippen LogP contribution in [0.1, 0.15) is 38.7 Å². The molecule has 0 aliphatic carbocycles. The summed E-state index contributed by atoms with van der Waals surface area (Å²) in [5.74, 6) is 0.247. The zero-order valence-corrected chi connectivity index (χ0v) is 14.2. The standard InChI is InChI=1S/C22H20N2O/c1-16-11-12-18(13-23-16)22(25)24-14-19-9-5-6-10-20(19)21(15-24)17-7-3-2-4-8-17/h2-13,21H,14-15H2,1H3/t21-/m1/s1. The smallest absolute Gasteiger partial charge is 0.255 e.